The average Bonchev–Trinajstić information content (AvgIpc) is 3.26. The maximum absolute atomic E-state index is 14.1. The van der Waals surface area contributed by atoms with Gasteiger partial charge in [-0.05, 0) is 56.9 Å². The Hall–Kier alpha value is -3.22. The average molecular weight is 435 g/mol. The van der Waals surface area contributed by atoms with Gasteiger partial charge in [-0.2, -0.15) is 4.99 Å². The van der Waals surface area contributed by atoms with Crippen molar-refractivity contribution in [2.45, 2.75) is 64.5 Å². The molecule has 1 aromatic rings. The number of rotatable bonds is 5. The number of aliphatic imine (C=N–C) groups is 1. The number of amides is 3. The minimum Gasteiger partial charge on any atom is -0.352 e. The molecule has 1 aromatic carbocycles. The Labute approximate surface area is 188 Å². The smallest absolute Gasteiger partial charge is 0.254 e. The highest BCUT2D eigenvalue weighted by Crippen LogP contribution is 2.34. The van der Waals surface area contributed by atoms with Crippen molar-refractivity contribution in [3.63, 3.8) is 0 Å². The number of aryl methyl sites for hydroxylation is 1. The standard InChI is InChI=1S/C25H30N4O3/c1-17-9-4-7-13-20(17)28(16-22(31)26-19-11-5-6-12-19)24(32)25(3)15-21(30)27-23-18(2)10-8-14-29(23)25/h4,7-10,13-14,19H,5-6,11-12,15-16H2,1-3H3,(H,26,31)/t25-/m0/s1. The normalized spacial score (nSPS) is 22.8. The summed E-state index contributed by atoms with van der Waals surface area (Å²) in [5.74, 6) is -0.332. The maximum atomic E-state index is 14.1. The van der Waals surface area contributed by atoms with Crippen LogP contribution < -0.4 is 10.2 Å². The molecule has 7 nitrogen and oxygen atoms in total. The van der Waals surface area contributed by atoms with E-state index in [0.29, 0.717) is 11.5 Å². The molecule has 0 aromatic heterocycles. The molecule has 1 saturated carbocycles. The van der Waals surface area contributed by atoms with Gasteiger partial charge in [-0.1, -0.05) is 37.1 Å². The summed E-state index contributed by atoms with van der Waals surface area (Å²) >= 11 is 0. The molecule has 0 unspecified atom stereocenters. The quantitative estimate of drug-likeness (QED) is 0.771. The van der Waals surface area contributed by atoms with Crippen LogP contribution in [-0.4, -0.2) is 46.6 Å². The van der Waals surface area contributed by atoms with Crippen molar-refractivity contribution >= 4 is 29.2 Å². The van der Waals surface area contributed by atoms with Crippen molar-refractivity contribution < 1.29 is 14.4 Å². The van der Waals surface area contributed by atoms with Crippen LogP contribution in [0.5, 0.6) is 0 Å². The van der Waals surface area contributed by atoms with E-state index in [1.165, 1.54) is 4.90 Å². The third kappa shape index (κ3) is 4.11. The van der Waals surface area contributed by atoms with Crippen molar-refractivity contribution in [2.75, 3.05) is 11.4 Å². The number of hydrogen-bond donors (Lipinski definition) is 1. The molecule has 1 aliphatic carbocycles. The minimum absolute atomic E-state index is 0.0560. The van der Waals surface area contributed by atoms with Gasteiger partial charge in [0.1, 0.15) is 17.9 Å². The van der Waals surface area contributed by atoms with Crippen LogP contribution in [0.15, 0.2) is 53.2 Å². The van der Waals surface area contributed by atoms with E-state index in [0.717, 1.165) is 36.8 Å². The van der Waals surface area contributed by atoms with Gasteiger partial charge in [0, 0.05) is 17.9 Å². The second-order valence-electron chi connectivity index (χ2n) is 9.07. The van der Waals surface area contributed by atoms with Gasteiger partial charge < -0.3 is 15.1 Å². The van der Waals surface area contributed by atoms with Crippen molar-refractivity contribution in [3.8, 4) is 0 Å². The molecule has 1 atom stereocenters. The van der Waals surface area contributed by atoms with Crippen LogP contribution in [0.1, 0.15) is 51.5 Å². The van der Waals surface area contributed by atoms with E-state index in [2.05, 4.69) is 10.3 Å². The molecule has 3 amide bonds. The number of anilines is 1. The van der Waals surface area contributed by atoms with Crippen LogP contribution in [-0.2, 0) is 14.4 Å². The highest BCUT2D eigenvalue weighted by Gasteiger charge is 2.48. The number of carbonyl (C=O) groups excluding carboxylic acids is 3. The second kappa shape index (κ2) is 8.73. The Morgan fingerprint density at radius 3 is 2.66 bits per heavy atom. The summed E-state index contributed by atoms with van der Waals surface area (Å²) in [5, 5.41) is 3.08. The molecule has 2 heterocycles. The van der Waals surface area contributed by atoms with Gasteiger partial charge in [-0.3, -0.25) is 14.4 Å². The number of fused-ring (bicyclic) bond motifs is 1. The molecule has 7 heteroatoms. The monoisotopic (exact) mass is 434 g/mol. The number of para-hydroxylation sites is 1. The predicted molar refractivity (Wildman–Crippen MR) is 124 cm³/mol. The Morgan fingerprint density at radius 1 is 1.22 bits per heavy atom. The van der Waals surface area contributed by atoms with E-state index in [4.69, 9.17) is 0 Å². The molecule has 4 rings (SSSR count). The zero-order valence-corrected chi connectivity index (χ0v) is 18.9. The number of amidine groups is 1. The first-order valence-corrected chi connectivity index (χ1v) is 11.2. The van der Waals surface area contributed by atoms with Gasteiger partial charge in [0.25, 0.3) is 11.8 Å². The SMILES string of the molecule is CC1=CC=CN2C1=NC(=O)C[C@@]2(C)C(=O)N(CC(=O)NC1CCCC1)c1ccccc1C. The van der Waals surface area contributed by atoms with Crippen LogP contribution in [0.25, 0.3) is 0 Å². The van der Waals surface area contributed by atoms with E-state index in [9.17, 15) is 14.4 Å². The summed E-state index contributed by atoms with van der Waals surface area (Å²) in [6.45, 7) is 5.44. The number of carbonyl (C=O) groups is 3. The summed E-state index contributed by atoms with van der Waals surface area (Å²) in [5.41, 5.74) is 1.20. The maximum Gasteiger partial charge on any atom is 0.254 e. The van der Waals surface area contributed by atoms with Crippen LogP contribution >= 0.6 is 0 Å². The van der Waals surface area contributed by atoms with E-state index < -0.39 is 5.54 Å². The summed E-state index contributed by atoms with van der Waals surface area (Å²) in [7, 11) is 0. The first-order valence-electron chi connectivity index (χ1n) is 11.2. The summed E-state index contributed by atoms with van der Waals surface area (Å²) < 4.78 is 0. The topological polar surface area (TPSA) is 82.1 Å². The number of allylic oxidation sites excluding steroid dienone is 2. The molecule has 168 valence electrons. The van der Waals surface area contributed by atoms with Crippen LogP contribution in [0.3, 0.4) is 0 Å². The van der Waals surface area contributed by atoms with Gasteiger partial charge in [-0.15, -0.1) is 0 Å². The predicted octanol–water partition coefficient (Wildman–Crippen LogP) is 3.25. The highest BCUT2D eigenvalue weighted by atomic mass is 16.2. The first-order chi connectivity index (χ1) is 15.3. The lowest BCUT2D eigenvalue weighted by molar-refractivity contribution is -0.133. The number of benzene rings is 1. The van der Waals surface area contributed by atoms with Gasteiger partial charge >= 0.3 is 0 Å². The van der Waals surface area contributed by atoms with Gasteiger partial charge in [-0.25, -0.2) is 0 Å². The molecule has 1 fully saturated rings. The van der Waals surface area contributed by atoms with Crippen molar-refractivity contribution in [3.05, 3.63) is 53.8 Å². The minimum atomic E-state index is -1.18. The summed E-state index contributed by atoms with van der Waals surface area (Å²) in [6.07, 6.45) is 9.61. The van der Waals surface area contributed by atoms with Gasteiger partial charge in [0.2, 0.25) is 5.91 Å². The molecule has 1 N–H and O–H groups in total. The van der Waals surface area contributed by atoms with E-state index in [1.54, 1.807) is 18.0 Å². The van der Waals surface area contributed by atoms with Gasteiger partial charge in [0.05, 0.1) is 6.42 Å². The molecule has 2 aliphatic heterocycles. The molecule has 3 aliphatic rings. The Balaban J connectivity index is 1.68. The van der Waals surface area contributed by atoms with Crippen LogP contribution in [0.2, 0.25) is 0 Å². The molecule has 0 spiro atoms. The highest BCUT2D eigenvalue weighted by molar-refractivity contribution is 6.15. The number of hydrogen-bond acceptors (Lipinski definition) is 4. The Kier molecular flexibility index (Phi) is 6.00. The van der Waals surface area contributed by atoms with Crippen LogP contribution in [0, 0.1) is 6.92 Å². The lowest BCUT2D eigenvalue weighted by Gasteiger charge is -2.45. The Bertz CT molecular complexity index is 1040. The zero-order valence-electron chi connectivity index (χ0n) is 18.9. The largest absolute Gasteiger partial charge is 0.352 e. The van der Waals surface area contributed by atoms with E-state index >= 15 is 0 Å². The van der Waals surface area contributed by atoms with E-state index in [1.807, 2.05) is 50.3 Å². The molecular weight excluding hydrogens is 404 g/mol. The molecule has 32 heavy (non-hydrogen) atoms. The number of nitrogens with one attached hydrogen (secondary N) is 1. The Morgan fingerprint density at radius 2 is 1.94 bits per heavy atom. The zero-order chi connectivity index (χ0) is 22.9. The number of nitrogens with zero attached hydrogens (tertiary/aromatic N) is 3. The fourth-order valence-electron chi connectivity index (χ4n) is 4.78. The molecule has 0 bridgehead atoms. The fourth-order valence-corrected chi connectivity index (χ4v) is 4.78. The van der Waals surface area contributed by atoms with Crippen molar-refractivity contribution in [1.29, 1.82) is 0 Å². The van der Waals surface area contributed by atoms with Crippen LogP contribution in [0.4, 0.5) is 5.69 Å². The first kappa shape index (κ1) is 22.0. The molecular formula is C25H30N4O3. The fraction of sp³-hybridized carbons (Fsp3) is 0.440. The lowest BCUT2D eigenvalue weighted by atomic mass is 9.89. The lowest BCUT2D eigenvalue weighted by Crippen LogP contribution is -2.62. The molecule has 0 saturated heterocycles. The third-order valence-electron chi connectivity index (χ3n) is 6.55. The van der Waals surface area contributed by atoms with Crippen molar-refractivity contribution in [2.24, 2.45) is 4.99 Å². The van der Waals surface area contributed by atoms with E-state index in [-0.39, 0.29) is 36.7 Å². The summed E-state index contributed by atoms with van der Waals surface area (Å²) in [4.78, 5) is 47.1. The molecule has 0 radical (unpaired) electrons. The summed E-state index contributed by atoms with van der Waals surface area (Å²) in [6, 6.07) is 7.68. The second-order valence-corrected chi connectivity index (χ2v) is 9.07. The van der Waals surface area contributed by atoms with Crippen molar-refractivity contribution in [1.82, 2.24) is 10.2 Å². The van der Waals surface area contributed by atoms with Gasteiger partial charge in [0.15, 0.2) is 0 Å². The third-order valence-corrected chi connectivity index (χ3v) is 6.55.